The number of halogens is 2. The highest BCUT2D eigenvalue weighted by Crippen LogP contribution is 2.43. The molecule has 4 rings (SSSR count). The topological polar surface area (TPSA) is 163 Å². The molecule has 0 bridgehead atoms. The molecule has 2 amide bonds. The van der Waals surface area contributed by atoms with Gasteiger partial charge in [0.25, 0.3) is 0 Å². The van der Waals surface area contributed by atoms with Crippen molar-refractivity contribution < 1.29 is 53.1 Å². The summed E-state index contributed by atoms with van der Waals surface area (Å²) in [6, 6.07) is 3.05. The zero-order valence-corrected chi connectivity index (χ0v) is 25.3. The third-order valence-corrected chi connectivity index (χ3v) is 8.11. The number of amides is 2. The van der Waals surface area contributed by atoms with Crippen LogP contribution in [0.3, 0.4) is 0 Å². The zero-order chi connectivity index (χ0) is 32.3. The largest absolute Gasteiger partial charge is 0.504 e. The van der Waals surface area contributed by atoms with Crippen molar-refractivity contribution in [2.24, 2.45) is 11.8 Å². The first-order valence-electron chi connectivity index (χ1n) is 14.0. The first-order valence-corrected chi connectivity index (χ1v) is 14.4. The lowest BCUT2D eigenvalue weighted by atomic mass is 10.1. The molecule has 0 saturated carbocycles. The molecule has 2 aliphatic rings. The van der Waals surface area contributed by atoms with Crippen LogP contribution in [0, 0.1) is 17.7 Å². The Morgan fingerprint density at radius 1 is 0.864 bits per heavy atom. The number of carboxylic acids is 2. The predicted octanol–water partition coefficient (Wildman–Crippen LogP) is 3.95. The number of phenolic OH excluding ortho intramolecular Hbond substituents is 1. The van der Waals surface area contributed by atoms with Crippen LogP contribution in [0.15, 0.2) is 12.1 Å². The molecule has 2 aromatic carbocycles. The van der Waals surface area contributed by atoms with Crippen LogP contribution in [0.25, 0.3) is 0 Å². The highest BCUT2D eigenvalue weighted by Gasteiger charge is 2.32. The molecule has 44 heavy (non-hydrogen) atoms. The molecule has 0 saturated heterocycles. The van der Waals surface area contributed by atoms with Gasteiger partial charge in [0.15, 0.2) is 28.8 Å². The Morgan fingerprint density at radius 3 is 1.89 bits per heavy atom. The Morgan fingerprint density at radius 2 is 1.36 bits per heavy atom. The molecule has 2 aromatic rings. The molecule has 2 atom stereocenters. The highest BCUT2D eigenvalue weighted by molar-refractivity contribution is 6.33. The lowest BCUT2D eigenvalue weighted by Crippen LogP contribution is -2.28. The van der Waals surface area contributed by atoms with Gasteiger partial charge in [-0.25, -0.2) is 4.39 Å². The van der Waals surface area contributed by atoms with Crippen molar-refractivity contribution in [3.8, 4) is 23.0 Å². The number of aromatic hydroxyl groups is 1. The second-order valence-corrected chi connectivity index (χ2v) is 11.4. The minimum Gasteiger partial charge on any atom is -0.504 e. The van der Waals surface area contributed by atoms with E-state index < -0.39 is 35.5 Å². The number of phenols is 1. The van der Waals surface area contributed by atoms with Crippen LogP contribution in [0.4, 0.5) is 4.39 Å². The maximum Gasteiger partial charge on any atom is 0.306 e. The smallest absolute Gasteiger partial charge is 0.306 e. The molecule has 0 spiro atoms. The van der Waals surface area contributed by atoms with Crippen LogP contribution in [0.1, 0.15) is 55.4 Å². The highest BCUT2D eigenvalue weighted by atomic mass is 35.5. The average molecular weight is 637 g/mol. The lowest BCUT2D eigenvalue weighted by molar-refractivity contribution is -0.145. The van der Waals surface area contributed by atoms with E-state index in [4.69, 9.17) is 36.0 Å². The fourth-order valence-electron chi connectivity index (χ4n) is 5.07. The number of hydrogen-bond acceptors (Lipinski definition) is 8. The Hall–Kier alpha value is -4.26. The Kier molecular flexibility index (Phi) is 10.1. The molecular formula is C30H34ClFN2O10. The minimum atomic E-state index is -1.08. The summed E-state index contributed by atoms with van der Waals surface area (Å²) in [7, 11) is 1.36. The molecule has 14 heteroatoms. The molecule has 0 fully saturated rings. The number of rotatable bonds is 13. The number of ether oxygens (including phenoxy) is 3. The predicted molar refractivity (Wildman–Crippen MR) is 153 cm³/mol. The zero-order valence-electron chi connectivity index (χ0n) is 24.5. The van der Waals surface area contributed by atoms with Gasteiger partial charge in [0.1, 0.15) is 0 Å². The van der Waals surface area contributed by atoms with Crippen LogP contribution < -0.4 is 14.2 Å². The second-order valence-electron chi connectivity index (χ2n) is 11.0. The molecular weight excluding hydrogens is 603 g/mol. The van der Waals surface area contributed by atoms with E-state index in [9.17, 15) is 24.3 Å². The molecule has 0 radical (unpaired) electrons. The number of carbonyl (C=O) groups is 4. The summed E-state index contributed by atoms with van der Waals surface area (Å²) < 4.78 is 32.2. The van der Waals surface area contributed by atoms with Gasteiger partial charge in [0.2, 0.25) is 11.8 Å². The van der Waals surface area contributed by atoms with Crippen molar-refractivity contribution in [3.63, 3.8) is 0 Å². The monoisotopic (exact) mass is 636 g/mol. The summed E-state index contributed by atoms with van der Waals surface area (Å²) in [6.45, 7) is 3.39. The first kappa shape index (κ1) is 32.6. The van der Waals surface area contributed by atoms with Gasteiger partial charge in [-0.15, -0.1) is 0 Å². The van der Waals surface area contributed by atoms with E-state index in [1.165, 1.54) is 36.8 Å². The van der Waals surface area contributed by atoms with Crippen LogP contribution in [-0.2, 0) is 45.4 Å². The summed E-state index contributed by atoms with van der Waals surface area (Å²) in [5.41, 5.74) is 2.05. The summed E-state index contributed by atoms with van der Waals surface area (Å²) >= 11 is 6.51. The van der Waals surface area contributed by atoms with E-state index >= 15 is 4.39 Å². The normalized spacial score (nSPS) is 14.9. The summed E-state index contributed by atoms with van der Waals surface area (Å²) in [5.74, 6) is -5.41. The van der Waals surface area contributed by atoms with Gasteiger partial charge in [-0.05, 0) is 28.8 Å². The lowest BCUT2D eigenvalue weighted by Gasteiger charge is -2.17. The first-order chi connectivity index (χ1) is 20.8. The number of nitrogens with zero attached hydrogens (tertiary/aromatic N) is 2. The molecule has 3 N–H and O–H groups in total. The number of fused-ring (bicyclic) bond motifs is 2. The second kappa shape index (κ2) is 13.6. The van der Waals surface area contributed by atoms with Crippen molar-refractivity contribution in [1.29, 1.82) is 0 Å². The maximum absolute atomic E-state index is 15.5. The van der Waals surface area contributed by atoms with Crippen LogP contribution in [0.5, 0.6) is 23.0 Å². The Balaban J connectivity index is 1.34. The summed E-state index contributed by atoms with van der Waals surface area (Å²) in [6.07, 6.45) is -0.0894. The van der Waals surface area contributed by atoms with Gasteiger partial charge in [-0.2, -0.15) is 0 Å². The van der Waals surface area contributed by atoms with Crippen molar-refractivity contribution in [3.05, 3.63) is 45.2 Å². The van der Waals surface area contributed by atoms with Gasteiger partial charge >= 0.3 is 11.9 Å². The van der Waals surface area contributed by atoms with Crippen molar-refractivity contribution in [1.82, 2.24) is 9.80 Å². The maximum atomic E-state index is 15.5. The van der Waals surface area contributed by atoms with Crippen LogP contribution >= 0.6 is 11.6 Å². The number of methoxy groups -OCH3 is 1. The molecule has 2 unspecified atom stereocenters. The summed E-state index contributed by atoms with van der Waals surface area (Å²) in [5, 5.41) is 28.8. The number of carboxylic acid groups (broad SMARTS) is 2. The third kappa shape index (κ3) is 6.93. The Bertz CT molecular complexity index is 1480. The average Bonchev–Trinajstić information content (AvgIpc) is 3.60. The van der Waals surface area contributed by atoms with E-state index in [-0.39, 0.29) is 98.1 Å². The van der Waals surface area contributed by atoms with Crippen molar-refractivity contribution in [2.45, 2.75) is 59.3 Å². The minimum absolute atomic E-state index is 0.0121. The van der Waals surface area contributed by atoms with E-state index in [2.05, 4.69) is 0 Å². The van der Waals surface area contributed by atoms with Gasteiger partial charge in [0.05, 0.1) is 37.2 Å². The van der Waals surface area contributed by atoms with Crippen LogP contribution in [0.2, 0.25) is 5.02 Å². The van der Waals surface area contributed by atoms with Crippen LogP contribution in [-0.4, -0.2) is 69.2 Å². The van der Waals surface area contributed by atoms with E-state index in [1.807, 2.05) is 0 Å². The number of carbonyl (C=O) groups excluding carboxylic acids is 2. The van der Waals surface area contributed by atoms with E-state index in [0.717, 1.165) is 0 Å². The number of hydrogen-bond donors (Lipinski definition) is 3. The van der Waals surface area contributed by atoms with Crippen molar-refractivity contribution >= 4 is 35.4 Å². The molecule has 2 heterocycles. The van der Waals surface area contributed by atoms with Crippen molar-refractivity contribution in [2.75, 3.05) is 20.3 Å². The third-order valence-electron chi connectivity index (χ3n) is 7.71. The fourth-order valence-corrected chi connectivity index (χ4v) is 5.41. The molecule has 0 aromatic heterocycles. The molecule has 2 aliphatic heterocycles. The number of aliphatic carboxylic acids is 2. The quantitative estimate of drug-likeness (QED) is 0.274. The standard InChI is InChI=1S/C30H34ClFN2O10/c1-15(29(38)39)7-23(36)33-11-17-9-21(35)27(25(31)19(17)13-33)43-5-4-6-44-28-22(42-3)10-18-12-34(14-20(18)26(28)32)24(37)8-16(2)30(40)41/h9-10,15-16,35H,4-8,11-14H2,1-3H3,(H,38,39)(H,40,41). The number of benzene rings is 2. The van der Waals surface area contributed by atoms with Gasteiger partial charge in [-0.1, -0.05) is 25.4 Å². The molecule has 238 valence electrons. The van der Waals surface area contributed by atoms with E-state index in [1.54, 1.807) is 6.07 Å². The SMILES string of the molecule is COc1cc2c(c(F)c1OCCCOc1c(O)cc3c(c1Cl)CN(C(=O)CC(C)C(=O)O)C3)CN(C(=O)CC(C)C(=O)O)C2. The van der Waals surface area contributed by atoms with Gasteiger partial charge in [0, 0.05) is 51.0 Å². The van der Waals surface area contributed by atoms with E-state index in [0.29, 0.717) is 16.7 Å². The summed E-state index contributed by atoms with van der Waals surface area (Å²) in [4.78, 5) is 50.2. The van der Waals surface area contributed by atoms with Gasteiger partial charge < -0.3 is 39.3 Å². The fraction of sp³-hybridized carbons (Fsp3) is 0.467. The van der Waals surface area contributed by atoms with Gasteiger partial charge in [-0.3, -0.25) is 19.2 Å². The molecule has 0 aliphatic carbocycles. The molecule has 12 nitrogen and oxygen atoms in total. The Labute approximate surface area is 257 Å².